The van der Waals surface area contributed by atoms with Gasteiger partial charge in [0.05, 0.1) is 7.11 Å². The summed E-state index contributed by atoms with van der Waals surface area (Å²) < 4.78 is 42.6. The quantitative estimate of drug-likeness (QED) is 0.396. The van der Waals surface area contributed by atoms with Crippen molar-refractivity contribution in [1.29, 1.82) is 0 Å². The molecule has 0 aliphatic heterocycles. The Labute approximate surface area is 216 Å². The highest BCUT2D eigenvalue weighted by Gasteiger charge is 2.57. The highest BCUT2D eigenvalue weighted by Crippen LogP contribution is 2.65. The largest absolute Gasteiger partial charge is 0.497 e. The van der Waals surface area contributed by atoms with Gasteiger partial charge in [-0.05, 0) is 90.7 Å². The van der Waals surface area contributed by atoms with Crippen LogP contribution in [0, 0.1) is 35.0 Å². The number of ketones is 2. The Hall–Kier alpha value is -2.81. The van der Waals surface area contributed by atoms with Crippen molar-refractivity contribution in [2.75, 3.05) is 7.11 Å². The average Bonchev–Trinajstić information content (AvgIpc) is 3.22. The van der Waals surface area contributed by atoms with E-state index < -0.39 is 6.18 Å². The molecule has 5 rings (SSSR count). The molecule has 0 heterocycles. The van der Waals surface area contributed by atoms with Crippen LogP contribution in [-0.2, 0) is 9.59 Å². The smallest absolute Gasteiger partial charge is 0.457 e. The zero-order chi connectivity index (χ0) is 26.4. The van der Waals surface area contributed by atoms with Crippen molar-refractivity contribution in [1.82, 2.24) is 0 Å². The maximum absolute atomic E-state index is 13.4. The summed E-state index contributed by atoms with van der Waals surface area (Å²) in [6.45, 7) is 2.24. The van der Waals surface area contributed by atoms with Gasteiger partial charge in [-0.3, -0.25) is 9.59 Å². The fourth-order valence-electron chi connectivity index (χ4n) is 7.85. The van der Waals surface area contributed by atoms with Crippen LogP contribution in [-0.4, -0.2) is 24.9 Å². The van der Waals surface area contributed by atoms with Gasteiger partial charge >= 0.3 is 6.18 Å². The Bertz CT molecular complexity index is 1210. The monoisotopic (exact) mass is 510 g/mol. The molecule has 0 bridgehead atoms. The highest BCUT2D eigenvalue weighted by molar-refractivity contribution is 5.93. The van der Waals surface area contributed by atoms with E-state index in [9.17, 15) is 22.8 Å². The van der Waals surface area contributed by atoms with Gasteiger partial charge in [-0.15, -0.1) is 0 Å². The van der Waals surface area contributed by atoms with Crippen LogP contribution in [0.5, 0.6) is 5.75 Å². The Kier molecular flexibility index (Phi) is 6.85. The molecule has 6 heteroatoms. The van der Waals surface area contributed by atoms with Crippen molar-refractivity contribution in [3.05, 3.63) is 52.6 Å². The van der Waals surface area contributed by atoms with Gasteiger partial charge in [-0.25, -0.2) is 0 Å². The SMILES string of the molecule is COc1ccc([C@H]2C[C@]3(C)[C@@H](C(=O)CCC#CC(F)(F)F)CC[C@H]3[C@@H]3CCC4=CC(=O)CCC4=C32)cc1. The summed E-state index contributed by atoms with van der Waals surface area (Å²) >= 11 is 0. The number of halogens is 3. The van der Waals surface area contributed by atoms with Crippen LogP contribution in [0.25, 0.3) is 0 Å². The van der Waals surface area contributed by atoms with Gasteiger partial charge in [-0.2, -0.15) is 13.2 Å². The summed E-state index contributed by atoms with van der Waals surface area (Å²) in [5.74, 6) is 5.17. The zero-order valence-electron chi connectivity index (χ0n) is 21.4. The minimum atomic E-state index is -4.52. The third-order valence-electron chi connectivity index (χ3n) is 9.36. The molecule has 1 aromatic carbocycles. The van der Waals surface area contributed by atoms with E-state index in [-0.39, 0.29) is 41.7 Å². The average molecular weight is 511 g/mol. The maximum atomic E-state index is 13.4. The molecule has 0 amide bonds. The summed E-state index contributed by atoms with van der Waals surface area (Å²) in [4.78, 5) is 25.5. The molecular weight excluding hydrogens is 477 g/mol. The zero-order valence-corrected chi connectivity index (χ0v) is 21.4. The lowest BCUT2D eigenvalue weighted by Gasteiger charge is -2.52. The fraction of sp³-hybridized carbons (Fsp3) is 0.548. The molecule has 0 unspecified atom stereocenters. The van der Waals surface area contributed by atoms with E-state index in [0.717, 1.165) is 44.3 Å². The third-order valence-corrected chi connectivity index (χ3v) is 9.36. The van der Waals surface area contributed by atoms with Gasteiger partial charge in [0.25, 0.3) is 0 Å². The molecular formula is C31H33F3O3. The van der Waals surface area contributed by atoms with E-state index in [0.29, 0.717) is 18.3 Å². The van der Waals surface area contributed by atoms with E-state index in [2.05, 4.69) is 25.0 Å². The predicted molar refractivity (Wildman–Crippen MR) is 135 cm³/mol. The van der Waals surface area contributed by atoms with E-state index in [1.165, 1.54) is 28.2 Å². The third kappa shape index (κ3) is 4.90. The van der Waals surface area contributed by atoms with Crippen molar-refractivity contribution < 1.29 is 27.5 Å². The number of Topliss-reactive ketones (excluding diaryl/α,β-unsaturated/α-hetero) is 1. The molecule has 0 N–H and O–H groups in total. The second-order valence-electron chi connectivity index (χ2n) is 11.3. The number of fused-ring (bicyclic) bond motifs is 4. The fourth-order valence-corrected chi connectivity index (χ4v) is 7.85. The molecule has 0 radical (unpaired) electrons. The van der Waals surface area contributed by atoms with Crippen LogP contribution in [0.1, 0.15) is 76.2 Å². The van der Waals surface area contributed by atoms with Crippen molar-refractivity contribution in [3.63, 3.8) is 0 Å². The molecule has 0 saturated heterocycles. The van der Waals surface area contributed by atoms with Gasteiger partial charge < -0.3 is 4.74 Å². The molecule has 0 aromatic heterocycles. The van der Waals surface area contributed by atoms with Crippen LogP contribution in [0.15, 0.2) is 47.1 Å². The summed E-state index contributed by atoms with van der Waals surface area (Å²) in [7, 11) is 1.65. The maximum Gasteiger partial charge on any atom is 0.457 e. The second kappa shape index (κ2) is 9.82. The molecule has 5 atom stereocenters. The molecule has 3 nitrogen and oxygen atoms in total. The first kappa shape index (κ1) is 25.8. The Morgan fingerprint density at radius 3 is 2.57 bits per heavy atom. The number of allylic oxidation sites excluding steroid dienone is 4. The first-order valence-electron chi connectivity index (χ1n) is 13.3. The van der Waals surface area contributed by atoms with Crippen molar-refractivity contribution in [2.24, 2.45) is 23.2 Å². The minimum absolute atomic E-state index is 0.0470. The molecule has 2 fully saturated rings. The summed E-state index contributed by atoms with van der Waals surface area (Å²) in [6.07, 6.45) is 3.10. The number of hydrogen-bond acceptors (Lipinski definition) is 3. The number of carbonyl (C=O) groups is 2. The second-order valence-corrected chi connectivity index (χ2v) is 11.3. The van der Waals surface area contributed by atoms with Crippen LogP contribution in [0.4, 0.5) is 13.2 Å². The molecule has 4 aliphatic carbocycles. The van der Waals surface area contributed by atoms with E-state index >= 15 is 0 Å². The summed E-state index contributed by atoms with van der Waals surface area (Å²) in [6, 6.07) is 8.18. The molecule has 4 aliphatic rings. The lowest BCUT2D eigenvalue weighted by Crippen LogP contribution is -2.45. The van der Waals surface area contributed by atoms with Gasteiger partial charge in [0.15, 0.2) is 5.78 Å². The van der Waals surface area contributed by atoms with Crippen LogP contribution in [0.2, 0.25) is 0 Å². The summed E-state index contributed by atoms with van der Waals surface area (Å²) in [5.41, 5.74) is 4.98. The lowest BCUT2D eigenvalue weighted by atomic mass is 9.51. The van der Waals surface area contributed by atoms with Gasteiger partial charge in [0.1, 0.15) is 11.5 Å². The molecule has 0 spiro atoms. The Balaban J connectivity index is 1.50. The Morgan fingerprint density at radius 2 is 1.86 bits per heavy atom. The Morgan fingerprint density at radius 1 is 1.11 bits per heavy atom. The molecule has 37 heavy (non-hydrogen) atoms. The van der Waals surface area contributed by atoms with Crippen molar-refractivity contribution >= 4 is 11.6 Å². The number of methoxy groups -OCH3 is 1. The number of benzene rings is 1. The first-order chi connectivity index (χ1) is 17.6. The molecule has 2 saturated carbocycles. The van der Waals surface area contributed by atoms with Crippen molar-refractivity contribution in [2.45, 2.75) is 76.8 Å². The standard InChI is InChI=1S/C31H33F3O3/c1-30-18-25(19-6-10-22(37-2)11-7-19)29-23-13-9-21(35)17-20(23)8-12-24(29)26(30)14-15-27(30)28(36)5-3-4-16-31(32,33)34/h6-7,10-11,17,24-27H,3,5,8-9,12-15,18H2,1-2H3/t24-,25+,26-,27+,30-/m0/s1. The number of hydrogen-bond donors (Lipinski definition) is 0. The van der Waals surface area contributed by atoms with Gasteiger partial charge in [0, 0.05) is 37.0 Å². The topological polar surface area (TPSA) is 43.4 Å². The number of rotatable bonds is 5. The lowest BCUT2D eigenvalue weighted by molar-refractivity contribution is -0.127. The van der Waals surface area contributed by atoms with Crippen LogP contribution < -0.4 is 4.74 Å². The highest BCUT2D eigenvalue weighted by atomic mass is 19.4. The number of ether oxygens (including phenoxy) is 1. The first-order valence-corrected chi connectivity index (χ1v) is 13.3. The summed E-state index contributed by atoms with van der Waals surface area (Å²) in [5, 5.41) is 0. The minimum Gasteiger partial charge on any atom is -0.497 e. The van der Waals surface area contributed by atoms with E-state index in [1.54, 1.807) is 7.11 Å². The van der Waals surface area contributed by atoms with Gasteiger partial charge in [0.2, 0.25) is 0 Å². The molecule has 196 valence electrons. The van der Waals surface area contributed by atoms with Crippen molar-refractivity contribution in [3.8, 4) is 17.6 Å². The predicted octanol–water partition coefficient (Wildman–Crippen LogP) is 7.13. The van der Waals surface area contributed by atoms with Gasteiger partial charge in [-0.1, -0.05) is 30.6 Å². The number of carbonyl (C=O) groups excluding carboxylic acids is 2. The number of alkyl halides is 3. The van der Waals surface area contributed by atoms with E-state index in [4.69, 9.17) is 4.74 Å². The van der Waals surface area contributed by atoms with E-state index in [1.807, 2.05) is 18.2 Å². The van der Waals surface area contributed by atoms with Crippen LogP contribution >= 0.6 is 0 Å². The van der Waals surface area contributed by atoms with Crippen LogP contribution in [0.3, 0.4) is 0 Å². The molecule has 1 aromatic rings. The normalized spacial score (nSPS) is 30.9.